The quantitative estimate of drug-likeness (QED) is 0.703. The number of ether oxygens (including phenoxy) is 2. The van der Waals surface area contributed by atoms with E-state index in [9.17, 15) is 14.3 Å². The molecule has 1 aliphatic carbocycles. The van der Waals surface area contributed by atoms with Crippen molar-refractivity contribution < 1.29 is 23.8 Å². The number of halogens is 1. The van der Waals surface area contributed by atoms with Crippen LogP contribution in [0.15, 0.2) is 42.5 Å². The fourth-order valence-electron chi connectivity index (χ4n) is 5.00. The molecule has 5 nitrogen and oxygen atoms in total. The Balaban J connectivity index is 1.63. The normalized spacial score (nSPS) is 22.8. The first kappa shape index (κ1) is 22.7. The Labute approximate surface area is 188 Å². The molecule has 2 aromatic rings. The Kier molecular flexibility index (Phi) is 7.11. The van der Waals surface area contributed by atoms with Gasteiger partial charge in [-0.2, -0.15) is 0 Å². The van der Waals surface area contributed by atoms with Gasteiger partial charge in [0.1, 0.15) is 11.6 Å². The minimum Gasteiger partial charge on any atom is -0.496 e. The van der Waals surface area contributed by atoms with Gasteiger partial charge in [0.15, 0.2) is 0 Å². The van der Waals surface area contributed by atoms with Crippen LogP contribution in [0.3, 0.4) is 0 Å². The zero-order valence-corrected chi connectivity index (χ0v) is 18.6. The first-order valence-electron chi connectivity index (χ1n) is 11.5. The molecule has 1 heterocycles. The maximum Gasteiger partial charge on any atom is 0.226 e. The highest BCUT2D eigenvalue weighted by Gasteiger charge is 2.41. The molecule has 2 aromatic carbocycles. The van der Waals surface area contributed by atoms with Crippen molar-refractivity contribution in [2.24, 2.45) is 5.41 Å². The second-order valence-corrected chi connectivity index (χ2v) is 9.05. The lowest BCUT2D eigenvalue weighted by molar-refractivity contribution is -0.137. The van der Waals surface area contributed by atoms with Crippen LogP contribution in [0.5, 0.6) is 5.75 Å². The summed E-state index contributed by atoms with van der Waals surface area (Å²) < 4.78 is 25.2. The van der Waals surface area contributed by atoms with E-state index >= 15 is 0 Å². The molecular weight excluding hydrogens is 409 g/mol. The minimum absolute atomic E-state index is 0.0585. The lowest BCUT2D eigenvalue weighted by atomic mass is 9.73. The van der Waals surface area contributed by atoms with Crippen molar-refractivity contribution in [3.63, 3.8) is 0 Å². The molecule has 2 fully saturated rings. The average molecular weight is 442 g/mol. The summed E-state index contributed by atoms with van der Waals surface area (Å²) in [7, 11) is 1.58. The second kappa shape index (κ2) is 10.0. The molecule has 0 spiro atoms. The predicted octanol–water partition coefficient (Wildman–Crippen LogP) is 4.26. The standard InChI is InChI=1S/C26H32FNO4/c1-31-24-11-6-19(27)16-23(24)22-5-3-2-4-18(22)17-26(12-14-32-15-13-26)25(30)28-20-7-9-21(29)10-8-20/h2-6,11,16,20-21,29H,7-10,12-15,17H2,1H3,(H,28,30). The van der Waals surface area contributed by atoms with Crippen LogP contribution in [0, 0.1) is 11.2 Å². The van der Waals surface area contributed by atoms with Gasteiger partial charge in [-0.1, -0.05) is 24.3 Å². The molecule has 1 amide bonds. The number of hydrogen-bond acceptors (Lipinski definition) is 4. The van der Waals surface area contributed by atoms with Gasteiger partial charge in [0.25, 0.3) is 0 Å². The highest BCUT2D eigenvalue weighted by atomic mass is 19.1. The molecule has 1 aliphatic heterocycles. The van der Waals surface area contributed by atoms with Gasteiger partial charge < -0.3 is 19.9 Å². The minimum atomic E-state index is -0.578. The average Bonchev–Trinajstić information content (AvgIpc) is 2.81. The first-order valence-corrected chi connectivity index (χ1v) is 11.5. The molecule has 32 heavy (non-hydrogen) atoms. The number of rotatable bonds is 6. The monoisotopic (exact) mass is 441 g/mol. The number of carbonyl (C=O) groups is 1. The lowest BCUT2D eigenvalue weighted by Crippen LogP contribution is -2.50. The summed E-state index contributed by atoms with van der Waals surface area (Å²) >= 11 is 0. The zero-order valence-electron chi connectivity index (χ0n) is 18.6. The van der Waals surface area contributed by atoms with Gasteiger partial charge in [-0.3, -0.25) is 4.79 Å². The van der Waals surface area contributed by atoms with E-state index < -0.39 is 5.41 Å². The lowest BCUT2D eigenvalue weighted by Gasteiger charge is -2.38. The van der Waals surface area contributed by atoms with E-state index in [0.29, 0.717) is 43.8 Å². The molecule has 0 radical (unpaired) electrons. The fraction of sp³-hybridized carbons (Fsp3) is 0.500. The number of hydrogen-bond donors (Lipinski definition) is 2. The second-order valence-electron chi connectivity index (χ2n) is 9.05. The molecule has 1 saturated carbocycles. The third-order valence-electron chi connectivity index (χ3n) is 6.96. The molecule has 0 unspecified atom stereocenters. The Bertz CT molecular complexity index is 933. The fourth-order valence-corrected chi connectivity index (χ4v) is 5.00. The Morgan fingerprint density at radius 1 is 1.12 bits per heavy atom. The van der Waals surface area contributed by atoms with Crippen molar-refractivity contribution in [3.8, 4) is 16.9 Å². The van der Waals surface area contributed by atoms with Gasteiger partial charge >= 0.3 is 0 Å². The third-order valence-corrected chi connectivity index (χ3v) is 6.96. The topological polar surface area (TPSA) is 67.8 Å². The summed E-state index contributed by atoms with van der Waals surface area (Å²) in [6.45, 7) is 1.09. The van der Waals surface area contributed by atoms with Gasteiger partial charge in [0.2, 0.25) is 5.91 Å². The van der Waals surface area contributed by atoms with E-state index in [4.69, 9.17) is 9.47 Å². The van der Waals surface area contributed by atoms with Gasteiger partial charge in [-0.05, 0) is 74.3 Å². The summed E-state index contributed by atoms with van der Waals surface area (Å²) in [5, 5.41) is 13.1. The first-order chi connectivity index (χ1) is 15.5. The molecular formula is C26H32FNO4. The smallest absolute Gasteiger partial charge is 0.226 e. The van der Waals surface area contributed by atoms with Crippen LogP contribution in [0.4, 0.5) is 4.39 Å². The van der Waals surface area contributed by atoms with E-state index in [2.05, 4.69) is 5.32 Å². The molecule has 0 aromatic heterocycles. The van der Waals surface area contributed by atoms with Gasteiger partial charge in [-0.15, -0.1) is 0 Å². The van der Waals surface area contributed by atoms with E-state index in [1.54, 1.807) is 13.2 Å². The number of nitrogens with one attached hydrogen (secondary N) is 1. The summed E-state index contributed by atoms with van der Waals surface area (Å²) in [5.74, 6) is 0.335. The molecule has 172 valence electrons. The SMILES string of the molecule is COc1ccc(F)cc1-c1ccccc1CC1(C(=O)NC2CCC(O)CC2)CCOCC1. The Hall–Kier alpha value is -2.44. The summed E-state index contributed by atoms with van der Waals surface area (Å²) in [5.41, 5.74) is 1.98. The number of aliphatic hydroxyl groups excluding tert-OH is 1. The maximum atomic E-state index is 14.1. The number of methoxy groups -OCH3 is 1. The Morgan fingerprint density at radius 2 is 1.84 bits per heavy atom. The molecule has 2 N–H and O–H groups in total. The number of benzene rings is 2. The Morgan fingerprint density at radius 3 is 2.56 bits per heavy atom. The zero-order chi connectivity index (χ0) is 22.6. The van der Waals surface area contributed by atoms with Crippen LogP contribution in [0.2, 0.25) is 0 Å². The summed E-state index contributed by atoms with van der Waals surface area (Å²) in [6, 6.07) is 12.5. The van der Waals surface area contributed by atoms with Crippen LogP contribution in [0.25, 0.3) is 11.1 Å². The summed E-state index contributed by atoms with van der Waals surface area (Å²) in [4.78, 5) is 13.6. The van der Waals surface area contributed by atoms with Gasteiger partial charge in [0.05, 0.1) is 18.6 Å². The molecule has 0 atom stereocenters. The van der Waals surface area contributed by atoms with Crippen molar-refractivity contribution in [3.05, 3.63) is 53.8 Å². The van der Waals surface area contributed by atoms with Crippen molar-refractivity contribution in [1.82, 2.24) is 5.32 Å². The van der Waals surface area contributed by atoms with Gasteiger partial charge in [0, 0.05) is 24.8 Å². The molecule has 2 aliphatic rings. The van der Waals surface area contributed by atoms with Crippen LogP contribution in [0.1, 0.15) is 44.1 Å². The molecule has 0 bridgehead atoms. The van der Waals surface area contributed by atoms with E-state index in [1.807, 2.05) is 24.3 Å². The third kappa shape index (κ3) is 4.97. The highest BCUT2D eigenvalue weighted by Crippen LogP contribution is 2.40. The van der Waals surface area contributed by atoms with Crippen LogP contribution in [-0.2, 0) is 16.0 Å². The van der Waals surface area contributed by atoms with E-state index in [1.165, 1.54) is 12.1 Å². The van der Waals surface area contributed by atoms with E-state index in [-0.39, 0.29) is 23.9 Å². The van der Waals surface area contributed by atoms with Crippen LogP contribution < -0.4 is 10.1 Å². The summed E-state index contributed by atoms with van der Waals surface area (Å²) in [6.07, 6.45) is 4.63. The largest absolute Gasteiger partial charge is 0.496 e. The van der Waals surface area contributed by atoms with Crippen molar-refractivity contribution >= 4 is 5.91 Å². The number of amides is 1. The molecule has 6 heteroatoms. The predicted molar refractivity (Wildman–Crippen MR) is 121 cm³/mol. The van der Waals surface area contributed by atoms with Crippen LogP contribution in [-0.4, -0.2) is 43.5 Å². The number of aliphatic hydroxyl groups is 1. The maximum absolute atomic E-state index is 14.1. The van der Waals surface area contributed by atoms with Crippen molar-refractivity contribution in [2.75, 3.05) is 20.3 Å². The van der Waals surface area contributed by atoms with E-state index in [0.717, 1.165) is 36.8 Å². The van der Waals surface area contributed by atoms with Gasteiger partial charge in [-0.25, -0.2) is 4.39 Å². The highest BCUT2D eigenvalue weighted by molar-refractivity contribution is 5.84. The van der Waals surface area contributed by atoms with Crippen molar-refractivity contribution in [2.45, 2.75) is 57.1 Å². The molecule has 1 saturated heterocycles. The number of carbonyl (C=O) groups excluding carboxylic acids is 1. The van der Waals surface area contributed by atoms with Crippen molar-refractivity contribution in [1.29, 1.82) is 0 Å². The molecule has 4 rings (SSSR count). The van der Waals surface area contributed by atoms with Crippen LogP contribution >= 0.6 is 0 Å².